The van der Waals surface area contributed by atoms with Gasteiger partial charge < -0.3 is 19.8 Å². The Hall–Kier alpha value is -3.54. The Balaban J connectivity index is 1.59. The van der Waals surface area contributed by atoms with Gasteiger partial charge in [0.05, 0.1) is 14.2 Å². The van der Waals surface area contributed by atoms with Crippen molar-refractivity contribution < 1.29 is 14.3 Å². The van der Waals surface area contributed by atoms with Crippen LogP contribution in [0.3, 0.4) is 0 Å². The lowest BCUT2D eigenvalue weighted by Gasteiger charge is -2.09. The molecule has 0 saturated carbocycles. The number of benzene rings is 2. The molecule has 0 atom stereocenters. The first-order valence-electron chi connectivity index (χ1n) is 8.89. The fraction of sp³-hybridized carbons (Fsp3) is 0.182. The van der Waals surface area contributed by atoms with Crippen LogP contribution in [0, 0.1) is 0 Å². The Kier molecular flexibility index (Phi) is 6.11. The number of methoxy groups -OCH3 is 2. The number of fused-ring (bicyclic) bond motifs is 1. The number of ether oxygens (including phenoxy) is 2. The minimum Gasteiger partial charge on any atom is -0.493 e. The molecular weight excluding hydrogens is 356 g/mol. The molecule has 6 heteroatoms. The van der Waals surface area contributed by atoms with Crippen molar-refractivity contribution in [3.63, 3.8) is 0 Å². The molecule has 0 fully saturated rings. The average molecular weight is 378 g/mol. The number of carbonyl (C=O) groups excluding carboxylic acids is 1. The molecule has 0 radical (unpaired) electrons. The molecule has 1 amide bonds. The molecule has 0 aliphatic rings. The molecule has 0 aliphatic heterocycles. The van der Waals surface area contributed by atoms with Crippen LogP contribution in [0.5, 0.6) is 11.5 Å². The predicted molar refractivity (Wildman–Crippen MR) is 110 cm³/mol. The molecule has 1 aromatic heterocycles. The number of nitrogens with one attached hydrogen (secondary N) is 2. The summed E-state index contributed by atoms with van der Waals surface area (Å²) in [6.45, 7) is 0.465. The van der Waals surface area contributed by atoms with E-state index in [1.54, 1.807) is 20.3 Å². The van der Waals surface area contributed by atoms with Crippen LogP contribution in [0.1, 0.15) is 11.1 Å². The highest BCUT2D eigenvalue weighted by molar-refractivity contribution is 5.92. The Bertz CT molecular complexity index is 1070. The van der Waals surface area contributed by atoms with E-state index in [-0.39, 0.29) is 11.5 Å². The normalized spacial score (nSPS) is 10.9. The summed E-state index contributed by atoms with van der Waals surface area (Å²) >= 11 is 0. The van der Waals surface area contributed by atoms with Gasteiger partial charge in [-0.15, -0.1) is 0 Å². The molecular formula is C22H22N2O4. The molecule has 2 aromatic carbocycles. The van der Waals surface area contributed by atoms with Crippen LogP contribution in [-0.4, -0.2) is 31.7 Å². The second kappa shape index (κ2) is 8.90. The van der Waals surface area contributed by atoms with Gasteiger partial charge in [-0.05, 0) is 47.7 Å². The lowest BCUT2D eigenvalue weighted by Crippen LogP contribution is -2.23. The highest BCUT2D eigenvalue weighted by Gasteiger charge is 2.05. The van der Waals surface area contributed by atoms with Gasteiger partial charge in [0.2, 0.25) is 5.91 Å². The molecule has 0 saturated heterocycles. The molecule has 0 spiro atoms. The molecule has 1 heterocycles. The summed E-state index contributed by atoms with van der Waals surface area (Å²) in [5.74, 6) is 1.06. The molecule has 6 nitrogen and oxygen atoms in total. The third-order valence-corrected chi connectivity index (χ3v) is 4.36. The van der Waals surface area contributed by atoms with E-state index in [2.05, 4.69) is 10.3 Å². The molecule has 144 valence electrons. The van der Waals surface area contributed by atoms with Crippen LogP contribution in [0.15, 0.2) is 59.4 Å². The van der Waals surface area contributed by atoms with Gasteiger partial charge in [-0.3, -0.25) is 9.59 Å². The fourth-order valence-electron chi connectivity index (χ4n) is 2.88. The largest absolute Gasteiger partial charge is 0.493 e. The summed E-state index contributed by atoms with van der Waals surface area (Å²) in [6.07, 6.45) is 3.54. The molecule has 3 rings (SSSR count). The minimum atomic E-state index is -0.256. The van der Waals surface area contributed by atoms with Gasteiger partial charge >= 0.3 is 0 Å². The third kappa shape index (κ3) is 4.59. The lowest BCUT2D eigenvalue weighted by molar-refractivity contribution is -0.116. The number of rotatable bonds is 7. The second-order valence-corrected chi connectivity index (χ2v) is 6.20. The highest BCUT2D eigenvalue weighted by Crippen LogP contribution is 2.27. The number of hydrogen-bond acceptors (Lipinski definition) is 4. The van der Waals surface area contributed by atoms with E-state index in [0.29, 0.717) is 30.0 Å². The van der Waals surface area contributed by atoms with Gasteiger partial charge in [0.15, 0.2) is 11.5 Å². The van der Waals surface area contributed by atoms with Gasteiger partial charge in [0.25, 0.3) is 5.56 Å². The van der Waals surface area contributed by atoms with Crippen LogP contribution in [-0.2, 0) is 11.2 Å². The van der Waals surface area contributed by atoms with Crippen molar-refractivity contribution in [3.8, 4) is 11.5 Å². The Labute approximate surface area is 162 Å². The minimum absolute atomic E-state index is 0.229. The van der Waals surface area contributed by atoms with E-state index in [9.17, 15) is 9.59 Å². The maximum Gasteiger partial charge on any atom is 0.255 e. The van der Waals surface area contributed by atoms with Crippen molar-refractivity contribution in [2.24, 2.45) is 0 Å². The number of amides is 1. The zero-order valence-corrected chi connectivity index (χ0v) is 15.8. The predicted octanol–water partition coefficient (Wildman–Crippen LogP) is 2.92. The van der Waals surface area contributed by atoms with E-state index in [1.807, 2.05) is 42.5 Å². The topological polar surface area (TPSA) is 80.4 Å². The summed E-state index contributed by atoms with van der Waals surface area (Å²) < 4.78 is 10.5. The number of aromatic amines is 1. The summed E-state index contributed by atoms with van der Waals surface area (Å²) in [6, 6.07) is 14.9. The van der Waals surface area contributed by atoms with Gasteiger partial charge in [0.1, 0.15) is 0 Å². The first-order valence-corrected chi connectivity index (χ1v) is 8.89. The van der Waals surface area contributed by atoms with E-state index >= 15 is 0 Å². The van der Waals surface area contributed by atoms with Crippen molar-refractivity contribution in [1.82, 2.24) is 10.3 Å². The zero-order valence-electron chi connectivity index (χ0n) is 15.8. The number of H-pyrrole nitrogens is 1. The first kappa shape index (κ1) is 19.2. The molecule has 0 unspecified atom stereocenters. The van der Waals surface area contributed by atoms with Crippen molar-refractivity contribution in [3.05, 3.63) is 76.1 Å². The van der Waals surface area contributed by atoms with E-state index in [1.165, 1.54) is 12.2 Å². The number of carbonyl (C=O) groups is 1. The monoisotopic (exact) mass is 378 g/mol. The zero-order chi connectivity index (χ0) is 19.9. The van der Waals surface area contributed by atoms with Crippen LogP contribution in [0.2, 0.25) is 0 Å². The van der Waals surface area contributed by atoms with Crippen molar-refractivity contribution in [1.29, 1.82) is 0 Å². The molecule has 0 bridgehead atoms. The Morgan fingerprint density at radius 2 is 1.86 bits per heavy atom. The number of aromatic nitrogens is 1. The Morgan fingerprint density at radius 3 is 2.64 bits per heavy atom. The Morgan fingerprint density at radius 1 is 1.07 bits per heavy atom. The highest BCUT2D eigenvalue weighted by atomic mass is 16.5. The van der Waals surface area contributed by atoms with Crippen molar-refractivity contribution in [2.45, 2.75) is 6.42 Å². The van der Waals surface area contributed by atoms with Gasteiger partial charge in [-0.2, -0.15) is 0 Å². The average Bonchev–Trinajstić information content (AvgIpc) is 2.72. The number of hydrogen-bond donors (Lipinski definition) is 2. The maximum atomic E-state index is 12.1. The molecule has 2 N–H and O–H groups in total. The van der Waals surface area contributed by atoms with Crippen LogP contribution in [0.4, 0.5) is 0 Å². The lowest BCUT2D eigenvalue weighted by atomic mass is 10.1. The molecule has 3 aromatic rings. The van der Waals surface area contributed by atoms with Crippen LogP contribution >= 0.6 is 0 Å². The van der Waals surface area contributed by atoms with E-state index in [4.69, 9.17) is 9.47 Å². The first-order chi connectivity index (χ1) is 13.6. The molecule has 28 heavy (non-hydrogen) atoms. The van der Waals surface area contributed by atoms with Crippen molar-refractivity contribution >= 4 is 22.9 Å². The van der Waals surface area contributed by atoms with E-state index < -0.39 is 0 Å². The summed E-state index contributed by atoms with van der Waals surface area (Å²) in [5, 5.41) is 3.73. The summed E-state index contributed by atoms with van der Waals surface area (Å²) in [7, 11) is 3.17. The number of pyridine rings is 1. The van der Waals surface area contributed by atoms with Gasteiger partial charge in [0, 0.05) is 23.7 Å². The summed E-state index contributed by atoms with van der Waals surface area (Å²) in [4.78, 5) is 27.0. The fourth-order valence-corrected chi connectivity index (χ4v) is 2.88. The van der Waals surface area contributed by atoms with Crippen LogP contribution < -0.4 is 20.3 Å². The maximum absolute atomic E-state index is 12.1. The quantitative estimate of drug-likeness (QED) is 0.620. The van der Waals surface area contributed by atoms with Crippen LogP contribution in [0.25, 0.3) is 17.0 Å². The molecule has 0 aliphatic carbocycles. The number of para-hydroxylation sites is 1. The van der Waals surface area contributed by atoms with Gasteiger partial charge in [-0.1, -0.05) is 24.3 Å². The standard InChI is InChI=1S/C22H22N2O4/c1-27-19-9-7-15(13-20(19)28-2)11-12-23-21(25)10-8-17-14-16-5-3-4-6-18(16)24-22(17)26/h3-10,13-14H,11-12H2,1-2H3,(H,23,25)(H,24,26)/b10-8+. The third-order valence-electron chi connectivity index (χ3n) is 4.36. The smallest absolute Gasteiger partial charge is 0.255 e. The van der Waals surface area contributed by atoms with E-state index in [0.717, 1.165) is 16.5 Å². The SMILES string of the molecule is COc1ccc(CCNC(=O)/C=C/c2cc3ccccc3[nH]c2=O)cc1OC. The summed E-state index contributed by atoms with van der Waals surface area (Å²) in [5.41, 5.74) is 2.00. The second-order valence-electron chi connectivity index (χ2n) is 6.20. The van der Waals surface area contributed by atoms with Crippen molar-refractivity contribution in [2.75, 3.05) is 20.8 Å². The van der Waals surface area contributed by atoms with Gasteiger partial charge in [-0.25, -0.2) is 0 Å².